The Kier molecular flexibility index (Phi) is 4.20. The Morgan fingerprint density at radius 3 is 2.70 bits per heavy atom. The molecular formula is C17H14Cl2N2O2. The normalized spacial score (nSPS) is 10.8. The second-order valence-corrected chi connectivity index (χ2v) is 5.98. The minimum atomic E-state index is -0.341. The summed E-state index contributed by atoms with van der Waals surface area (Å²) in [5.41, 5.74) is 2.63. The molecular weight excluding hydrogens is 335 g/mol. The maximum Gasteiger partial charge on any atom is 0.273 e. The Bertz CT molecular complexity index is 903. The molecule has 0 spiro atoms. The SMILES string of the molecule is COc1ccc(C)cc1NC(=O)c1[nH]c2ccc(Cl)cc2c1Cl. The van der Waals surface area contributed by atoms with Crippen LogP contribution in [0.25, 0.3) is 10.9 Å². The summed E-state index contributed by atoms with van der Waals surface area (Å²) in [7, 11) is 1.55. The first-order valence-corrected chi connectivity index (χ1v) is 7.68. The Morgan fingerprint density at radius 1 is 1.17 bits per heavy atom. The van der Waals surface area contributed by atoms with Crippen LogP contribution in [-0.2, 0) is 0 Å². The number of benzene rings is 2. The Hall–Kier alpha value is -2.17. The first kappa shape index (κ1) is 15.7. The number of amides is 1. The number of rotatable bonds is 3. The van der Waals surface area contributed by atoms with E-state index in [2.05, 4.69) is 10.3 Å². The van der Waals surface area contributed by atoms with Gasteiger partial charge in [-0.3, -0.25) is 4.79 Å². The molecule has 1 amide bonds. The monoisotopic (exact) mass is 348 g/mol. The number of carbonyl (C=O) groups is 1. The topological polar surface area (TPSA) is 54.1 Å². The van der Waals surface area contributed by atoms with E-state index in [9.17, 15) is 4.79 Å². The zero-order valence-corrected chi connectivity index (χ0v) is 14.0. The third-order valence-electron chi connectivity index (χ3n) is 3.53. The molecule has 118 valence electrons. The lowest BCUT2D eigenvalue weighted by molar-refractivity contribution is 0.102. The lowest BCUT2D eigenvalue weighted by Gasteiger charge is -2.10. The molecule has 23 heavy (non-hydrogen) atoms. The highest BCUT2D eigenvalue weighted by atomic mass is 35.5. The number of nitrogens with one attached hydrogen (secondary N) is 2. The van der Waals surface area contributed by atoms with E-state index in [1.54, 1.807) is 31.4 Å². The molecule has 0 aliphatic carbocycles. The van der Waals surface area contributed by atoms with Crippen molar-refractivity contribution in [3.05, 3.63) is 57.7 Å². The van der Waals surface area contributed by atoms with Crippen LogP contribution in [0.4, 0.5) is 5.69 Å². The van der Waals surface area contributed by atoms with E-state index >= 15 is 0 Å². The minimum absolute atomic E-state index is 0.285. The lowest BCUT2D eigenvalue weighted by atomic mass is 10.2. The Balaban J connectivity index is 1.98. The molecule has 0 aliphatic rings. The second-order valence-electron chi connectivity index (χ2n) is 5.16. The standard InChI is InChI=1S/C17H14Cl2N2O2/c1-9-3-6-14(23-2)13(7-9)21-17(22)16-15(19)11-8-10(18)4-5-12(11)20-16/h3-8,20H,1-2H3,(H,21,22). The van der Waals surface area contributed by atoms with Gasteiger partial charge >= 0.3 is 0 Å². The fourth-order valence-electron chi connectivity index (χ4n) is 2.39. The van der Waals surface area contributed by atoms with Crippen LogP contribution in [0.5, 0.6) is 5.75 Å². The van der Waals surface area contributed by atoms with Gasteiger partial charge in [0, 0.05) is 15.9 Å². The average Bonchev–Trinajstić information content (AvgIpc) is 2.84. The highest BCUT2D eigenvalue weighted by molar-refractivity contribution is 6.40. The van der Waals surface area contributed by atoms with Crippen LogP contribution >= 0.6 is 23.2 Å². The Morgan fingerprint density at radius 2 is 1.96 bits per heavy atom. The van der Waals surface area contributed by atoms with E-state index < -0.39 is 0 Å². The van der Waals surface area contributed by atoms with Crippen LogP contribution in [0.15, 0.2) is 36.4 Å². The molecule has 0 fully saturated rings. The molecule has 3 rings (SSSR count). The molecule has 0 saturated carbocycles. The zero-order valence-electron chi connectivity index (χ0n) is 12.5. The molecule has 6 heteroatoms. The van der Waals surface area contributed by atoms with Crippen molar-refractivity contribution in [3.8, 4) is 5.75 Å². The van der Waals surface area contributed by atoms with Crippen LogP contribution in [-0.4, -0.2) is 18.0 Å². The number of hydrogen-bond acceptors (Lipinski definition) is 2. The van der Waals surface area contributed by atoms with Crippen molar-refractivity contribution in [2.75, 3.05) is 12.4 Å². The van der Waals surface area contributed by atoms with Crippen molar-refractivity contribution in [2.24, 2.45) is 0 Å². The quantitative estimate of drug-likeness (QED) is 0.696. The average molecular weight is 349 g/mol. The van der Waals surface area contributed by atoms with Crippen molar-refractivity contribution in [1.82, 2.24) is 4.98 Å². The van der Waals surface area contributed by atoms with Crippen molar-refractivity contribution < 1.29 is 9.53 Å². The van der Waals surface area contributed by atoms with E-state index in [1.165, 1.54) is 0 Å². The molecule has 0 atom stereocenters. The van der Waals surface area contributed by atoms with Gasteiger partial charge in [-0.1, -0.05) is 29.3 Å². The summed E-state index contributed by atoms with van der Waals surface area (Å²) in [5.74, 6) is 0.241. The predicted octanol–water partition coefficient (Wildman–Crippen LogP) is 5.04. The summed E-state index contributed by atoms with van der Waals surface area (Å²) in [6.07, 6.45) is 0. The number of anilines is 1. The molecule has 4 nitrogen and oxygen atoms in total. The third kappa shape index (κ3) is 3.00. The molecule has 1 aromatic heterocycles. The van der Waals surface area contributed by atoms with Gasteiger partial charge in [0.25, 0.3) is 5.91 Å². The van der Waals surface area contributed by atoms with Crippen molar-refractivity contribution in [2.45, 2.75) is 6.92 Å². The van der Waals surface area contributed by atoms with Gasteiger partial charge in [0.2, 0.25) is 0 Å². The van der Waals surface area contributed by atoms with Crippen LogP contribution in [0, 0.1) is 6.92 Å². The summed E-state index contributed by atoms with van der Waals surface area (Å²) in [4.78, 5) is 15.6. The number of H-pyrrole nitrogens is 1. The first-order valence-electron chi connectivity index (χ1n) is 6.92. The molecule has 0 aliphatic heterocycles. The second kappa shape index (κ2) is 6.14. The number of halogens is 2. The first-order chi connectivity index (χ1) is 11.0. The summed E-state index contributed by atoms with van der Waals surface area (Å²) >= 11 is 12.3. The maximum atomic E-state index is 12.6. The van der Waals surface area contributed by atoms with Gasteiger partial charge in [0.05, 0.1) is 17.8 Å². The summed E-state index contributed by atoms with van der Waals surface area (Å²) in [6, 6.07) is 10.8. The number of hydrogen-bond donors (Lipinski definition) is 2. The molecule has 2 aromatic carbocycles. The number of aromatic nitrogens is 1. The van der Waals surface area contributed by atoms with E-state index in [0.717, 1.165) is 11.1 Å². The van der Waals surface area contributed by atoms with E-state index in [-0.39, 0.29) is 11.6 Å². The minimum Gasteiger partial charge on any atom is -0.495 e. The smallest absolute Gasteiger partial charge is 0.273 e. The lowest BCUT2D eigenvalue weighted by Crippen LogP contribution is -2.13. The molecule has 1 heterocycles. The molecule has 0 saturated heterocycles. The zero-order chi connectivity index (χ0) is 16.6. The highest BCUT2D eigenvalue weighted by Crippen LogP contribution is 2.31. The summed E-state index contributed by atoms with van der Waals surface area (Å²) in [5, 5.41) is 4.43. The fraction of sp³-hybridized carbons (Fsp3) is 0.118. The van der Waals surface area contributed by atoms with Gasteiger partial charge in [0.1, 0.15) is 11.4 Å². The van der Waals surface area contributed by atoms with Crippen molar-refractivity contribution in [3.63, 3.8) is 0 Å². The molecule has 0 bridgehead atoms. The van der Waals surface area contributed by atoms with Gasteiger partial charge in [-0.15, -0.1) is 0 Å². The van der Waals surface area contributed by atoms with Crippen molar-refractivity contribution in [1.29, 1.82) is 0 Å². The number of ether oxygens (including phenoxy) is 1. The van der Waals surface area contributed by atoms with Crippen LogP contribution in [0.2, 0.25) is 10.0 Å². The summed E-state index contributed by atoms with van der Waals surface area (Å²) in [6.45, 7) is 1.94. The largest absolute Gasteiger partial charge is 0.495 e. The summed E-state index contributed by atoms with van der Waals surface area (Å²) < 4.78 is 5.27. The Labute approximate surface area is 143 Å². The third-order valence-corrected chi connectivity index (χ3v) is 4.16. The molecule has 2 N–H and O–H groups in total. The van der Waals surface area contributed by atoms with Crippen LogP contribution in [0.3, 0.4) is 0 Å². The number of aromatic amines is 1. The van der Waals surface area contributed by atoms with E-state index in [4.69, 9.17) is 27.9 Å². The van der Waals surface area contributed by atoms with Gasteiger partial charge in [-0.25, -0.2) is 0 Å². The fourth-order valence-corrected chi connectivity index (χ4v) is 2.85. The van der Waals surface area contributed by atoms with Gasteiger partial charge in [-0.05, 0) is 42.8 Å². The van der Waals surface area contributed by atoms with Crippen LogP contribution in [0.1, 0.15) is 16.1 Å². The number of aryl methyl sites for hydroxylation is 1. The van der Waals surface area contributed by atoms with E-state index in [0.29, 0.717) is 26.9 Å². The molecule has 0 unspecified atom stereocenters. The van der Waals surface area contributed by atoms with Crippen LogP contribution < -0.4 is 10.1 Å². The number of methoxy groups -OCH3 is 1. The molecule has 3 aromatic rings. The number of carbonyl (C=O) groups excluding carboxylic acids is 1. The predicted molar refractivity (Wildman–Crippen MR) is 94.0 cm³/mol. The number of fused-ring (bicyclic) bond motifs is 1. The van der Waals surface area contributed by atoms with Crippen molar-refractivity contribution >= 4 is 45.7 Å². The van der Waals surface area contributed by atoms with E-state index in [1.807, 2.05) is 19.1 Å². The molecule has 0 radical (unpaired) electrons. The van der Waals surface area contributed by atoms with Gasteiger partial charge in [-0.2, -0.15) is 0 Å². The van der Waals surface area contributed by atoms with Gasteiger partial charge < -0.3 is 15.0 Å². The highest BCUT2D eigenvalue weighted by Gasteiger charge is 2.18. The van der Waals surface area contributed by atoms with Gasteiger partial charge in [0.15, 0.2) is 0 Å². The maximum absolute atomic E-state index is 12.6.